The molecule has 1 unspecified atom stereocenters. The van der Waals surface area contributed by atoms with Gasteiger partial charge in [0.2, 0.25) is 5.91 Å². The molecule has 0 radical (unpaired) electrons. The molecule has 1 N–H and O–H groups in total. The summed E-state index contributed by atoms with van der Waals surface area (Å²) in [7, 11) is 1.48. The lowest BCUT2D eigenvalue weighted by Crippen LogP contribution is -2.41. The van der Waals surface area contributed by atoms with E-state index in [1.54, 1.807) is 12.1 Å². The summed E-state index contributed by atoms with van der Waals surface area (Å²) in [5.74, 6) is 0.256. The summed E-state index contributed by atoms with van der Waals surface area (Å²) in [6.07, 6.45) is 2.10. The molecule has 6 nitrogen and oxygen atoms in total. The Balaban J connectivity index is 1.38. The highest BCUT2D eigenvalue weighted by atomic mass is 16.6. The number of furan rings is 1. The Hall–Kier alpha value is -2.76. The highest BCUT2D eigenvalue weighted by Gasteiger charge is 2.37. The first-order chi connectivity index (χ1) is 12.1. The van der Waals surface area contributed by atoms with Gasteiger partial charge >= 0.3 is 0 Å². The van der Waals surface area contributed by atoms with Crippen LogP contribution in [0.25, 0.3) is 0 Å². The van der Waals surface area contributed by atoms with Crippen LogP contribution in [0.15, 0.2) is 40.8 Å². The predicted molar refractivity (Wildman–Crippen MR) is 90.5 cm³/mol. The maximum atomic E-state index is 12.4. The fourth-order valence-corrected chi connectivity index (χ4v) is 3.75. The molecule has 2 heterocycles. The number of fused-ring (bicyclic) bond motifs is 1. The molecule has 4 rings (SSSR count). The fraction of sp³-hybridized carbons (Fsp3) is 0.368. The van der Waals surface area contributed by atoms with Crippen LogP contribution in [-0.4, -0.2) is 42.5 Å². The van der Waals surface area contributed by atoms with Crippen LogP contribution < -0.4 is 10.1 Å². The Kier molecular flexibility index (Phi) is 3.95. The van der Waals surface area contributed by atoms with Crippen LogP contribution >= 0.6 is 0 Å². The van der Waals surface area contributed by atoms with Crippen molar-refractivity contribution in [3.8, 4) is 5.95 Å². The number of amides is 2. The van der Waals surface area contributed by atoms with Crippen molar-refractivity contribution in [1.29, 1.82) is 0 Å². The van der Waals surface area contributed by atoms with E-state index in [-0.39, 0.29) is 35.6 Å². The number of nitrogens with one attached hydrogen (secondary N) is 1. The Morgan fingerprint density at radius 3 is 2.52 bits per heavy atom. The second-order valence-corrected chi connectivity index (χ2v) is 6.57. The zero-order chi connectivity index (χ0) is 17.4. The van der Waals surface area contributed by atoms with Gasteiger partial charge in [-0.1, -0.05) is 24.3 Å². The molecule has 6 heteroatoms. The SMILES string of the molecule is COc1ccc(C(=O)NC2CC(=O)N(C3Cc4ccccc4C3)C2)o1. The van der Waals surface area contributed by atoms with Crippen LogP contribution in [0, 0.1) is 0 Å². The summed E-state index contributed by atoms with van der Waals surface area (Å²) in [6.45, 7) is 0.543. The minimum atomic E-state index is -0.322. The van der Waals surface area contributed by atoms with Crippen molar-refractivity contribution >= 4 is 11.8 Å². The smallest absolute Gasteiger partial charge is 0.287 e. The molecular formula is C19H20N2O4. The maximum absolute atomic E-state index is 12.4. The van der Waals surface area contributed by atoms with Gasteiger partial charge in [0.25, 0.3) is 11.9 Å². The highest BCUT2D eigenvalue weighted by Crippen LogP contribution is 2.28. The van der Waals surface area contributed by atoms with Crippen molar-refractivity contribution in [2.45, 2.75) is 31.3 Å². The van der Waals surface area contributed by atoms with Crippen molar-refractivity contribution in [1.82, 2.24) is 10.2 Å². The summed E-state index contributed by atoms with van der Waals surface area (Å²) in [5.41, 5.74) is 2.63. The van der Waals surface area contributed by atoms with Crippen molar-refractivity contribution in [2.24, 2.45) is 0 Å². The molecule has 1 atom stereocenters. The number of rotatable bonds is 4. The predicted octanol–water partition coefficient (Wildman–Crippen LogP) is 1.79. The van der Waals surface area contributed by atoms with Crippen LogP contribution in [0.3, 0.4) is 0 Å². The molecule has 25 heavy (non-hydrogen) atoms. The number of nitrogens with zero attached hydrogens (tertiary/aromatic N) is 1. The molecule has 1 aromatic heterocycles. The number of hydrogen-bond acceptors (Lipinski definition) is 4. The summed E-state index contributed by atoms with van der Waals surface area (Å²) >= 11 is 0. The molecule has 1 fully saturated rings. The van der Waals surface area contributed by atoms with Gasteiger partial charge in [0.05, 0.1) is 13.2 Å². The van der Waals surface area contributed by atoms with Crippen LogP contribution in [0.5, 0.6) is 5.95 Å². The highest BCUT2D eigenvalue weighted by molar-refractivity contribution is 5.92. The van der Waals surface area contributed by atoms with Gasteiger partial charge in [-0.25, -0.2) is 0 Å². The van der Waals surface area contributed by atoms with E-state index in [2.05, 4.69) is 17.4 Å². The van der Waals surface area contributed by atoms with E-state index < -0.39 is 0 Å². The molecule has 2 aliphatic rings. The van der Waals surface area contributed by atoms with E-state index >= 15 is 0 Å². The van der Waals surface area contributed by atoms with E-state index in [0.717, 1.165) is 12.8 Å². The first-order valence-electron chi connectivity index (χ1n) is 8.45. The van der Waals surface area contributed by atoms with Gasteiger partial charge in [-0.3, -0.25) is 9.59 Å². The third-order valence-corrected chi connectivity index (χ3v) is 4.97. The minimum absolute atomic E-state index is 0.0973. The van der Waals surface area contributed by atoms with Crippen LogP contribution in [0.2, 0.25) is 0 Å². The molecular weight excluding hydrogens is 320 g/mol. The zero-order valence-corrected chi connectivity index (χ0v) is 14.0. The first-order valence-corrected chi connectivity index (χ1v) is 8.45. The molecule has 0 saturated carbocycles. The summed E-state index contributed by atoms with van der Waals surface area (Å²) in [5, 5.41) is 2.89. The number of hydrogen-bond donors (Lipinski definition) is 1. The second kappa shape index (κ2) is 6.27. The normalized spacial score (nSPS) is 20.0. The molecule has 130 valence electrons. The minimum Gasteiger partial charge on any atom is -0.468 e. The van der Waals surface area contributed by atoms with E-state index in [1.165, 1.54) is 18.2 Å². The Bertz CT molecular complexity index is 788. The molecule has 1 saturated heterocycles. The lowest BCUT2D eigenvalue weighted by molar-refractivity contribution is -0.129. The van der Waals surface area contributed by atoms with Gasteiger partial charge in [0.1, 0.15) is 0 Å². The van der Waals surface area contributed by atoms with Crippen LogP contribution in [0.4, 0.5) is 0 Å². The number of benzene rings is 1. The van der Waals surface area contributed by atoms with E-state index in [0.29, 0.717) is 13.0 Å². The van der Waals surface area contributed by atoms with E-state index in [1.807, 2.05) is 17.0 Å². The second-order valence-electron chi connectivity index (χ2n) is 6.57. The standard InChI is InChI=1S/C19H20N2O4/c1-24-18-7-6-16(25-18)19(23)20-14-10-17(22)21(11-14)15-8-12-4-2-3-5-13(12)9-15/h2-7,14-15H,8-11H2,1H3,(H,20,23). The number of ether oxygens (including phenoxy) is 1. The average molecular weight is 340 g/mol. The molecule has 0 bridgehead atoms. The monoisotopic (exact) mass is 340 g/mol. The molecule has 1 aliphatic carbocycles. The summed E-state index contributed by atoms with van der Waals surface area (Å²) in [6, 6.07) is 11.5. The molecule has 2 amide bonds. The average Bonchev–Trinajstić information content (AvgIpc) is 3.31. The maximum Gasteiger partial charge on any atom is 0.287 e. The zero-order valence-electron chi connectivity index (χ0n) is 14.0. The van der Waals surface area contributed by atoms with E-state index in [9.17, 15) is 9.59 Å². The van der Waals surface area contributed by atoms with Gasteiger partial charge < -0.3 is 19.4 Å². The van der Waals surface area contributed by atoms with Crippen molar-refractivity contribution in [3.63, 3.8) is 0 Å². The molecule has 1 aromatic carbocycles. The van der Waals surface area contributed by atoms with Crippen molar-refractivity contribution < 1.29 is 18.7 Å². The number of carbonyl (C=O) groups is 2. The lowest BCUT2D eigenvalue weighted by Gasteiger charge is -2.24. The number of methoxy groups -OCH3 is 1. The van der Waals surface area contributed by atoms with E-state index in [4.69, 9.17) is 9.15 Å². The van der Waals surface area contributed by atoms with Gasteiger partial charge in [-0.15, -0.1) is 0 Å². The Morgan fingerprint density at radius 2 is 1.88 bits per heavy atom. The largest absolute Gasteiger partial charge is 0.468 e. The van der Waals surface area contributed by atoms with Gasteiger partial charge in [0, 0.05) is 25.1 Å². The van der Waals surface area contributed by atoms with Crippen molar-refractivity contribution in [3.05, 3.63) is 53.3 Å². The first kappa shape index (κ1) is 15.7. The van der Waals surface area contributed by atoms with Gasteiger partial charge in [-0.05, 0) is 30.0 Å². The summed E-state index contributed by atoms with van der Waals surface area (Å²) < 4.78 is 10.2. The Labute approximate surface area is 145 Å². The summed E-state index contributed by atoms with van der Waals surface area (Å²) in [4.78, 5) is 26.6. The number of carbonyl (C=O) groups excluding carboxylic acids is 2. The van der Waals surface area contributed by atoms with Crippen molar-refractivity contribution in [2.75, 3.05) is 13.7 Å². The fourth-order valence-electron chi connectivity index (χ4n) is 3.75. The van der Waals surface area contributed by atoms with Crippen LogP contribution in [0.1, 0.15) is 28.1 Å². The third kappa shape index (κ3) is 2.99. The van der Waals surface area contributed by atoms with Gasteiger partial charge in [0.15, 0.2) is 5.76 Å². The molecule has 2 aromatic rings. The van der Waals surface area contributed by atoms with Gasteiger partial charge in [-0.2, -0.15) is 0 Å². The van der Waals surface area contributed by atoms with Crippen LogP contribution in [-0.2, 0) is 17.6 Å². The molecule has 1 aliphatic heterocycles. The quantitative estimate of drug-likeness (QED) is 0.921. The lowest BCUT2D eigenvalue weighted by atomic mass is 10.1. The number of likely N-dealkylation sites (tertiary alicyclic amines) is 1. The third-order valence-electron chi connectivity index (χ3n) is 4.97. The Morgan fingerprint density at radius 1 is 1.16 bits per heavy atom. The topological polar surface area (TPSA) is 71.8 Å². The molecule has 0 spiro atoms.